The number of phenols is 4. The zero-order valence-electron chi connectivity index (χ0n) is 43.0. The predicted molar refractivity (Wildman–Crippen MR) is 284 cm³/mol. The molecule has 0 saturated heterocycles. The summed E-state index contributed by atoms with van der Waals surface area (Å²) in [6.45, 7) is 0. The van der Waals surface area contributed by atoms with Gasteiger partial charge >= 0.3 is 0 Å². The SMILES string of the molecule is O=C(CCC1CCCCC1)c1cc2c(O)c(c1)Cc1cc(C(=O)CCC3CCCCC3)cc(c1O)Cc1cc(C(=O)CCC3CCCCC3)cc(c1O)Cc1cc(C(=O)CCC3CCCCC3)cc(c1O)C2. The number of aromatic hydroxyl groups is 4. The van der Waals surface area contributed by atoms with Gasteiger partial charge in [0.2, 0.25) is 0 Å². The number of benzene rings is 4. The molecule has 0 radical (unpaired) electrons. The minimum atomic E-state index is -0.0740. The Morgan fingerprint density at radius 1 is 0.292 bits per heavy atom. The van der Waals surface area contributed by atoms with Crippen molar-refractivity contribution in [1.29, 1.82) is 0 Å². The van der Waals surface area contributed by atoms with Crippen LogP contribution in [-0.2, 0) is 25.7 Å². The Morgan fingerprint density at radius 3 is 0.625 bits per heavy atom. The number of carbonyl (C=O) groups excluding carboxylic acids is 4. The standard InChI is InChI=1S/C64H80O8/c65-57(25-21-41-13-5-1-6-14-41)45-29-49-37-51-31-46(58(66)26-22-42-15-7-2-8-16-42)33-53(62(51)70)39-55-35-48(60(68)28-24-44-19-11-4-12-20-44)36-56(64(55)72)40-54-34-47(59(67)27-23-43-17-9-3-10-18-43)32-52(63(54)71)38-50(30-45)61(49)69/h29-36,41-44,69-72H,1-28,37-40H2. The van der Waals surface area contributed by atoms with Gasteiger partial charge in [-0.3, -0.25) is 19.2 Å². The Balaban J connectivity index is 1.15. The minimum absolute atomic E-state index is 0.000987. The van der Waals surface area contributed by atoms with Gasteiger partial charge in [0.25, 0.3) is 0 Å². The van der Waals surface area contributed by atoms with Crippen molar-refractivity contribution in [3.05, 3.63) is 115 Å². The van der Waals surface area contributed by atoms with E-state index in [2.05, 4.69) is 0 Å². The molecule has 8 nitrogen and oxygen atoms in total. The summed E-state index contributed by atoms with van der Waals surface area (Å²) in [6.07, 6.45) is 27.9. The molecule has 0 aromatic heterocycles. The Morgan fingerprint density at radius 2 is 0.458 bits per heavy atom. The number of carbonyl (C=O) groups is 4. The van der Waals surface area contributed by atoms with Crippen LogP contribution >= 0.6 is 0 Å². The largest absolute Gasteiger partial charge is 0.507 e. The highest BCUT2D eigenvalue weighted by atomic mass is 16.3. The molecule has 4 saturated carbocycles. The summed E-state index contributed by atoms with van der Waals surface area (Å²) in [5.41, 5.74) is 5.01. The highest BCUT2D eigenvalue weighted by Gasteiger charge is 2.27. The summed E-state index contributed by atoms with van der Waals surface area (Å²) in [6, 6.07) is 13.8. The first kappa shape index (κ1) is 51.7. The van der Waals surface area contributed by atoms with Crippen molar-refractivity contribution in [2.45, 2.75) is 205 Å². The fourth-order valence-electron chi connectivity index (χ4n) is 13.4. The van der Waals surface area contributed by atoms with Gasteiger partial charge in [-0.15, -0.1) is 0 Å². The molecule has 72 heavy (non-hydrogen) atoms. The molecule has 0 aliphatic heterocycles. The second kappa shape index (κ2) is 24.2. The average molecular weight is 977 g/mol. The van der Waals surface area contributed by atoms with Crippen molar-refractivity contribution < 1.29 is 39.6 Å². The van der Waals surface area contributed by atoms with Crippen LogP contribution < -0.4 is 0 Å². The molecule has 4 aromatic carbocycles. The third-order valence-electron chi connectivity index (χ3n) is 17.9. The molecular formula is C64H80O8. The molecule has 0 heterocycles. The van der Waals surface area contributed by atoms with Crippen LogP contribution in [0, 0.1) is 23.7 Å². The number of hydrogen-bond acceptors (Lipinski definition) is 8. The lowest BCUT2D eigenvalue weighted by atomic mass is 9.83. The molecule has 4 fully saturated rings. The number of Topliss-reactive ketones (excluding diaryl/α,β-unsaturated/α-hetero) is 4. The molecule has 0 spiro atoms. The van der Waals surface area contributed by atoms with Gasteiger partial charge in [-0.2, -0.15) is 0 Å². The fraction of sp³-hybridized carbons (Fsp3) is 0.562. The Labute approximate surface area is 428 Å². The molecule has 384 valence electrons. The molecule has 4 N–H and O–H groups in total. The van der Waals surface area contributed by atoms with E-state index in [1.165, 1.54) is 77.0 Å². The van der Waals surface area contributed by atoms with Crippen LogP contribution in [0.5, 0.6) is 23.0 Å². The molecule has 4 aromatic rings. The van der Waals surface area contributed by atoms with Crippen LogP contribution in [0.3, 0.4) is 0 Å². The van der Waals surface area contributed by atoms with Gasteiger partial charge in [0, 0.05) is 73.6 Å². The van der Waals surface area contributed by atoms with Crippen LogP contribution in [0.1, 0.15) is 266 Å². The topological polar surface area (TPSA) is 149 Å². The Bertz CT molecular complexity index is 2150. The minimum Gasteiger partial charge on any atom is -0.507 e. The van der Waals surface area contributed by atoms with Gasteiger partial charge in [-0.1, -0.05) is 128 Å². The Hall–Kier alpha value is -5.24. The molecule has 5 aliphatic carbocycles. The molecular weight excluding hydrogens is 897 g/mol. The summed E-state index contributed by atoms with van der Waals surface area (Å²) in [7, 11) is 0. The van der Waals surface area contributed by atoms with E-state index in [4.69, 9.17) is 0 Å². The molecule has 5 aliphatic rings. The first-order valence-corrected chi connectivity index (χ1v) is 28.5. The van der Waals surface area contributed by atoms with Gasteiger partial charge in [0.15, 0.2) is 23.1 Å². The number of phenolic OH excluding ortho intramolecular Hbond substituents is 4. The maximum absolute atomic E-state index is 14.3. The van der Waals surface area contributed by atoms with Gasteiger partial charge in [-0.25, -0.2) is 0 Å². The highest BCUT2D eigenvalue weighted by Crippen LogP contribution is 2.41. The first-order valence-electron chi connectivity index (χ1n) is 28.5. The van der Waals surface area contributed by atoms with Gasteiger partial charge in [-0.05, 0) is 142 Å². The van der Waals surface area contributed by atoms with Gasteiger partial charge in [0.05, 0.1) is 0 Å². The number of ketones is 4. The zero-order chi connectivity index (χ0) is 50.1. The van der Waals surface area contributed by atoms with Crippen LogP contribution in [0.15, 0.2) is 48.5 Å². The predicted octanol–water partition coefficient (Wildman–Crippen LogP) is 15.4. The maximum atomic E-state index is 14.3. The summed E-state index contributed by atoms with van der Waals surface area (Å²) in [5, 5.41) is 49.3. The normalized spacial score (nSPS) is 18.4. The van der Waals surface area contributed by atoms with E-state index in [1.807, 2.05) is 0 Å². The summed E-state index contributed by atoms with van der Waals surface area (Å²) in [4.78, 5) is 57.1. The molecule has 9 rings (SSSR count). The number of fused-ring (bicyclic) bond motifs is 8. The van der Waals surface area contributed by atoms with E-state index in [9.17, 15) is 39.6 Å². The average Bonchev–Trinajstić information content (AvgIpc) is 3.40. The van der Waals surface area contributed by atoms with E-state index in [0.717, 1.165) is 77.0 Å². The van der Waals surface area contributed by atoms with Crippen LogP contribution in [0.2, 0.25) is 0 Å². The zero-order valence-corrected chi connectivity index (χ0v) is 43.0. The monoisotopic (exact) mass is 977 g/mol. The summed E-state index contributed by atoms with van der Waals surface area (Å²) >= 11 is 0. The van der Waals surface area contributed by atoms with Gasteiger partial charge < -0.3 is 20.4 Å². The second-order valence-corrected chi connectivity index (χ2v) is 23.1. The maximum Gasteiger partial charge on any atom is 0.162 e. The van der Waals surface area contributed by atoms with E-state index < -0.39 is 0 Å². The lowest BCUT2D eigenvalue weighted by Crippen LogP contribution is -2.12. The van der Waals surface area contributed by atoms with Gasteiger partial charge in [0.1, 0.15) is 23.0 Å². The summed E-state index contributed by atoms with van der Waals surface area (Å²) in [5.74, 6) is 1.53. The number of rotatable bonds is 16. The second-order valence-electron chi connectivity index (χ2n) is 23.1. The third kappa shape index (κ3) is 12.9. The van der Waals surface area contributed by atoms with E-state index in [0.29, 0.717) is 116 Å². The van der Waals surface area contributed by atoms with Crippen molar-refractivity contribution in [2.75, 3.05) is 0 Å². The molecule has 8 heteroatoms. The molecule has 0 atom stereocenters. The lowest BCUT2D eigenvalue weighted by molar-refractivity contribution is 0.0962. The molecule has 8 bridgehead atoms. The highest BCUT2D eigenvalue weighted by molar-refractivity contribution is 5.99. The van der Waals surface area contributed by atoms with Crippen LogP contribution in [0.4, 0.5) is 0 Å². The molecule has 0 unspecified atom stereocenters. The van der Waals surface area contributed by atoms with Crippen molar-refractivity contribution in [3.63, 3.8) is 0 Å². The van der Waals surface area contributed by atoms with E-state index in [-0.39, 0.29) is 71.8 Å². The quantitative estimate of drug-likeness (QED) is 0.0714. The Kier molecular flexibility index (Phi) is 17.4. The summed E-state index contributed by atoms with van der Waals surface area (Å²) < 4.78 is 0. The van der Waals surface area contributed by atoms with Crippen molar-refractivity contribution in [3.8, 4) is 23.0 Å². The first-order chi connectivity index (χ1) is 34.9. The van der Waals surface area contributed by atoms with Crippen molar-refractivity contribution >= 4 is 23.1 Å². The van der Waals surface area contributed by atoms with E-state index >= 15 is 0 Å². The smallest absolute Gasteiger partial charge is 0.162 e. The fourth-order valence-corrected chi connectivity index (χ4v) is 13.4. The number of hydrogen-bond donors (Lipinski definition) is 4. The van der Waals surface area contributed by atoms with Crippen molar-refractivity contribution in [1.82, 2.24) is 0 Å². The lowest BCUT2D eigenvalue weighted by Gasteiger charge is -2.22. The van der Waals surface area contributed by atoms with Crippen LogP contribution in [0.25, 0.3) is 0 Å². The third-order valence-corrected chi connectivity index (χ3v) is 17.9. The molecule has 0 amide bonds. The van der Waals surface area contributed by atoms with E-state index in [1.54, 1.807) is 48.5 Å². The van der Waals surface area contributed by atoms with Crippen molar-refractivity contribution in [2.24, 2.45) is 23.7 Å². The van der Waals surface area contributed by atoms with Crippen LogP contribution in [-0.4, -0.2) is 43.6 Å².